The third kappa shape index (κ3) is 2.61. The summed E-state index contributed by atoms with van der Waals surface area (Å²) in [4.78, 5) is 13.8. The van der Waals surface area contributed by atoms with E-state index < -0.39 is 5.79 Å². The smallest absolute Gasteiger partial charge is 0.322 e. The van der Waals surface area contributed by atoms with Gasteiger partial charge in [-0.1, -0.05) is 0 Å². The molecule has 6 heteroatoms. The van der Waals surface area contributed by atoms with E-state index in [1.54, 1.807) is 4.90 Å². The van der Waals surface area contributed by atoms with Crippen molar-refractivity contribution in [2.45, 2.75) is 19.6 Å². The van der Waals surface area contributed by atoms with Crippen LogP contribution >= 0.6 is 11.3 Å². The van der Waals surface area contributed by atoms with Gasteiger partial charge in [0.25, 0.3) is 0 Å². The summed E-state index contributed by atoms with van der Waals surface area (Å²) in [6.45, 7) is 6.53. The average Bonchev–Trinajstić information content (AvgIpc) is 2.79. The van der Waals surface area contributed by atoms with Gasteiger partial charge in [-0.2, -0.15) is 0 Å². The van der Waals surface area contributed by atoms with Crippen LogP contribution in [0.3, 0.4) is 0 Å². The first kappa shape index (κ1) is 12.9. The van der Waals surface area contributed by atoms with Crippen molar-refractivity contribution in [1.29, 1.82) is 0 Å². The molecule has 0 aliphatic carbocycles. The molecule has 1 aromatic heterocycles. The number of carbonyl (C=O) groups excluding carboxylic acids is 1. The molecule has 0 unspecified atom stereocenters. The highest BCUT2D eigenvalue weighted by molar-refractivity contribution is 7.14. The van der Waals surface area contributed by atoms with E-state index in [1.807, 2.05) is 31.4 Å². The highest BCUT2D eigenvalue weighted by Crippen LogP contribution is 2.37. The predicted molar refractivity (Wildman–Crippen MR) is 73.3 cm³/mol. The number of hydrogen-bond acceptors (Lipinski definition) is 4. The molecule has 0 bridgehead atoms. The van der Waals surface area contributed by atoms with Crippen LogP contribution in [0.1, 0.15) is 13.8 Å². The molecule has 2 aliphatic rings. The Morgan fingerprint density at radius 3 is 2.63 bits per heavy atom. The number of thiophene rings is 1. The molecule has 0 radical (unpaired) electrons. The van der Waals surface area contributed by atoms with Gasteiger partial charge in [0.15, 0.2) is 5.79 Å². The Labute approximate surface area is 116 Å². The second-order valence-corrected chi connectivity index (χ2v) is 6.69. The largest absolute Gasteiger partial charge is 0.350 e. The number of likely N-dealkylation sites (tertiary alicyclic amines) is 1. The van der Waals surface area contributed by atoms with Crippen molar-refractivity contribution in [3.63, 3.8) is 0 Å². The molecular weight excluding hydrogens is 264 g/mol. The third-order valence-electron chi connectivity index (χ3n) is 3.54. The maximum atomic E-state index is 12.0. The molecule has 1 aromatic rings. The van der Waals surface area contributed by atoms with Crippen molar-refractivity contribution in [1.82, 2.24) is 4.90 Å². The van der Waals surface area contributed by atoms with Crippen LogP contribution in [0.2, 0.25) is 0 Å². The van der Waals surface area contributed by atoms with Crippen LogP contribution in [0.25, 0.3) is 0 Å². The van der Waals surface area contributed by atoms with Gasteiger partial charge in [-0.3, -0.25) is 5.32 Å². The Morgan fingerprint density at radius 1 is 1.37 bits per heavy atom. The number of ether oxygens (including phenoxy) is 2. The van der Waals surface area contributed by atoms with E-state index in [-0.39, 0.29) is 11.4 Å². The fourth-order valence-electron chi connectivity index (χ4n) is 2.36. The van der Waals surface area contributed by atoms with Gasteiger partial charge in [0.05, 0.1) is 23.6 Å². The molecule has 0 saturated carbocycles. The summed E-state index contributed by atoms with van der Waals surface area (Å²) in [5, 5.41) is 5.71. The lowest BCUT2D eigenvalue weighted by Gasteiger charge is -2.53. The Kier molecular flexibility index (Phi) is 3.03. The molecule has 2 saturated heterocycles. The summed E-state index contributed by atoms with van der Waals surface area (Å²) < 4.78 is 11.4. The van der Waals surface area contributed by atoms with Crippen molar-refractivity contribution in [2.75, 3.05) is 31.6 Å². The molecule has 1 N–H and O–H groups in total. The first-order valence-electron chi connectivity index (χ1n) is 6.36. The molecule has 19 heavy (non-hydrogen) atoms. The molecule has 3 heterocycles. The number of hydrogen-bond donors (Lipinski definition) is 1. The minimum absolute atomic E-state index is 0.0116. The summed E-state index contributed by atoms with van der Waals surface area (Å²) in [5.41, 5.74) is -0.0116. The fraction of sp³-hybridized carbons (Fsp3) is 0.615. The Balaban J connectivity index is 1.51. The van der Waals surface area contributed by atoms with Gasteiger partial charge in [-0.15, -0.1) is 11.3 Å². The van der Waals surface area contributed by atoms with E-state index in [0.717, 1.165) is 5.00 Å². The first-order valence-corrected chi connectivity index (χ1v) is 7.23. The van der Waals surface area contributed by atoms with Gasteiger partial charge in [0, 0.05) is 13.1 Å². The monoisotopic (exact) mass is 282 g/mol. The van der Waals surface area contributed by atoms with E-state index in [4.69, 9.17) is 9.47 Å². The maximum Gasteiger partial charge on any atom is 0.322 e. The van der Waals surface area contributed by atoms with Crippen molar-refractivity contribution >= 4 is 22.4 Å². The van der Waals surface area contributed by atoms with Gasteiger partial charge in [0.1, 0.15) is 0 Å². The van der Waals surface area contributed by atoms with E-state index in [1.165, 1.54) is 11.3 Å². The Morgan fingerprint density at radius 2 is 2.05 bits per heavy atom. The molecule has 2 fully saturated rings. The molecule has 2 amide bonds. The zero-order valence-corrected chi connectivity index (χ0v) is 12.0. The zero-order valence-electron chi connectivity index (χ0n) is 11.1. The summed E-state index contributed by atoms with van der Waals surface area (Å²) in [6.07, 6.45) is 0. The number of carbonyl (C=O) groups is 1. The summed E-state index contributed by atoms with van der Waals surface area (Å²) in [5.74, 6) is -0.495. The number of amides is 2. The third-order valence-corrected chi connectivity index (χ3v) is 4.33. The topological polar surface area (TPSA) is 50.8 Å². The lowest BCUT2D eigenvalue weighted by molar-refractivity contribution is -0.301. The van der Waals surface area contributed by atoms with Gasteiger partial charge < -0.3 is 14.4 Å². The highest BCUT2D eigenvalue weighted by atomic mass is 32.1. The number of urea groups is 1. The van der Waals surface area contributed by atoms with Crippen molar-refractivity contribution in [3.05, 3.63) is 17.5 Å². The summed E-state index contributed by atoms with van der Waals surface area (Å²) >= 11 is 1.52. The van der Waals surface area contributed by atoms with Crippen LogP contribution in [-0.4, -0.2) is 43.0 Å². The molecule has 104 valence electrons. The number of rotatable bonds is 1. The van der Waals surface area contributed by atoms with E-state index in [0.29, 0.717) is 26.3 Å². The lowest BCUT2D eigenvalue weighted by atomic mass is 9.81. The van der Waals surface area contributed by atoms with Gasteiger partial charge in [0.2, 0.25) is 0 Å². The summed E-state index contributed by atoms with van der Waals surface area (Å²) in [6, 6.07) is 3.77. The maximum absolute atomic E-state index is 12.0. The molecule has 3 rings (SSSR count). The fourth-order valence-corrected chi connectivity index (χ4v) is 2.97. The molecule has 1 spiro atoms. The van der Waals surface area contributed by atoms with Crippen molar-refractivity contribution < 1.29 is 14.3 Å². The van der Waals surface area contributed by atoms with Crippen LogP contribution in [0.4, 0.5) is 9.80 Å². The van der Waals surface area contributed by atoms with E-state index in [9.17, 15) is 4.79 Å². The minimum atomic E-state index is -0.495. The molecule has 0 atom stereocenters. The van der Waals surface area contributed by atoms with Crippen LogP contribution in [0.15, 0.2) is 17.5 Å². The number of nitrogens with zero attached hydrogens (tertiary/aromatic N) is 1. The van der Waals surface area contributed by atoms with Gasteiger partial charge in [-0.05, 0) is 31.4 Å². The van der Waals surface area contributed by atoms with Crippen LogP contribution in [0, 0.1) is 5.41 Å². The SMILES string of the molecule is CC1(C)OCC2(CO1)CN(C(=O)Nc1cccs1)C2. The van der Waals surface area contributed by atoms with Crippen molar-refractivity contribution in [2.24, 2.45) is 5.41 Å². The second kappa shape index (κ2) is 4.47. The lowest BCUT2D eigenvalue weighted by Crippen LogP contribution is -2.66. The standard InChI is InChI=1S/C13H18N2O3S/c1-12(2)17-8-13(9-18-12)6-15(7-13)11(16)14-10-4-3-5-19-10/h3-5H,6-9H2,1-2H3,(H,14,16). The van der Waals surface area contributed by atoms with Crippen LogP contribution in [0.5, 0.6) is 0 Å². The molecular formula is C13H18N2O3S. The van der Waals surface area contributed by atoms with Crippen LogP contribution in [-0.2, 0) is 9.47 Å². The minimum Gasteiger partial charge on any atom is -0.350 e. The molecule has 0 aromatic carbocycles. The Hall–Kier alpha value is -1.11. The normalized spacial score (nSPS) is 24.0. The Bertz CT molecular complexity index is 454. The van der Waals surface area contributed by atoms with E-state index in [2.05, 4.69) is 5.32 Å². The predicted octanol–water partition coefficient (Wildman–Crippen LogP) is 2.36. The first-order chi connectivity index (χ1) is 8.98. The zero-order chi connectivity index (χ0) is 13.5. The quantitative estimate of drug-likeness (QED) is 0.860. The molecule has 5 nitrogen and oxygen atoms in total. The van der Waals surface area contributed by atoms with Crippen LogP contribution < -0.4 is 5.32 Å². The summed E-state index contributed by atoms with van der Waals surface area (Å²) in [7, 11) is 0. The number of anilines is 1. The molecule has 2 aliphatic heterocycles. The number of nitrogens with one attached hydrogen (secondary N) is 1. The van der Waals surface area contributed by atoms with Crippen molar-refractivity contribution in [3.8, 4) is 0 Å². The highest BCUT2D eigenvalue weighted by Gasteiger charge is 2.50. The average molecular weight is 282 g/mol. The van der Waals surface area contributed by atoms with E-state index >= 15 is 0 Å². The second-order valence-electron chi connectivity index (χ2n) is 5.74. The van der Waals surface area contributed by atoms with Gasteiger partial charge >= 0.3 is 6.03 Å². The van der Waals surface area contributed by atoms with Gasteiger partial charge in [-0.25, -0.2) is 4.79 Å².